The molecule has 5 aromatic heterocycles. The van der Waals surface area contributed by atoms with Gasteiger partial charge in [0.15, 0.2) is 5.58 Å². The molecular formula is C56H32N4O2. The highest BCUT2D eigenvalue weighted by atomic mass is 16.3. The van der Waals surface area contributed by atoms with E-state index in [1.807, 2.05) is 24.3 Å². The van der Waals surface area contributed by atoms with Crippen LogP contribution in [0.25, 0.3) is 132 Å². The van der Waals surface area contributed by atoms with E-state index in [0.717, 1.165) is 110 Å². The summed E-state index contributed by atoms with van der Waals surface area (Å²) in [6.45, 7) is 0. The summed E-state index contributed by atoms with van der Waals surface area (Å²) < 4.78 is 17.7. The molecule has 0 unspecified atom stereocenters. The molecule has 0 amide bonds. The quantitative estimate of drug-likeness (QED) is 0.178. The number of para-hydroxylation sites is 6. The van der Waals surface area contributed by atoms with Crippen LogP contribution in [-0.2, 0) is 0 Å². The van der Waals surface area contributed by atoms with Gasteiger partial charge in [-0.15, -0.1) is 0 Å². The fraction of sp³-hybridized carbons (Fsp3) is 0. The SMILES string of the molecule is c1ccc(-n2c3ccccc3c3cc(-c4cc5c6ccccc6oc5c5c4c4ccccc4n5-c4nc(-c5ccc6oc7ccccc7c6c5)c5ccccc5n4)ccc32)cc1. The standard InChI is InChI=1S/C56H32N4O2/c1-2-14-35(15-3-1)59-46-22-10-5-16-36(46)42-30-33(26-28-48(42)59)41-32-44-38-18-8-13-25-50(38)62-55(44)54-52(41)40-20-6-11-23-47(40)60(54)56-57-45-21-9-4-19-39(45)53(58-56)34-27-29-51-43(31-34)37-17-7-12-24-49(37)61-51/h1-32H. The average molecular weight is 793 g/mol. The van der Waals surface area contributed by atoms with E-state index in [1.165, 1.54) is 16.3 Å². The van der Waals surface area contributed by atoms with Crippen LogP contribution in [0.3, 0.4) is 0 Å². The van der Waals surface area contributed by atoms with Crippen LogP contribution in [0.15, 0.2) is 203 Å². The lowest BCUT2D eigenvalue weighted by molar-refractivity contribution is 0.669. The Morgan fingerprint density at radius 1 is 0.371 bits per heavy atom. The second-order valence-corrected chi connectivity index (χ2v) is 16.1. The van der Waals surface area contributed by atoms with Gasteiger partial charge in [0.25, 0.3) is 0 Å². The third-order valence-corrected chi connectivity index (χ3v) is 12.7. The van der Waals surface area contributed by atoms with Crippen molar-refractivity contribution in [2.24, 2.45) is 0 Å². The fourth-order valence-corrected chi connectivity index (χ4v) is 10.0. The number of aromatic nitrogens is 4. The molecule has 0 saturated heterocycles. The second-order valence-electron chi connectivity index (χ2n) is 16.1. The van der Waals surface area contributed by atoms with Crippen molar-refractivity contribution >= 4 is 98.4 Å². The van der Waals surface area contributed by atoms with E-state index in [9.17, 15) is 0 Å². The van der Waals surface area contributed by atoms with Gasteiger partial charge in [0.05, 0.1) is 27.8 Å². The van der Waals surface area contributed by atoms with Gasteiger partial charge >= 0.3 is 0 Å². The number of hydrogen-bond acceptors (Lipinski definition) is 4. The van der Waals surface area contributed by atoms with Crippen LogP contribution >= 0.6 is 0 Å². The topological polar surface area (TPSA) is 61.9 Å². The summed E-state index contributed by atoms with van der Waals surface area (Å²) in [5.41, 5.74) is 13.7. The van der Waals surface area contributed by atoms with Gasteiger partial charge in [-0.25, -0.2) is 9.97 Å². The van der Waals surface area contributed by atoms with Gasteiger partial charge in [0.2, 0.25) is 5.95 Å². The van der Waals surface area contributed by atoms with Crippen LogP contribution in [0.4, 0.5) is 0 Å². The van der Waals surface area contributed by atoms with E-state index in [1.54, 1.807) is 0 Å². The highest BCUT2D eigenvalue weighted by molar-refractivity contribution is 6.27. The minimum absolute atomic E-state index is 0.572. The van der Waals surface area contributed by atoms with Crippen molar-refractivity contribution < 1.29 is 8.83 Å². The molecule has 14 rings (SSSR count). The predicted octanol–water partition coefficient (Wildman–Crippen LogP) is 15.0. The van der Waals surface area contributed by atoms with Crippen LogP contribution in [-0.4, -0.2) is 19.1 Å². The molecule has 6 nitrogen and oxygen atoms in total. The summed E-state index contributed by atoms with van der Waals surface area (Å²) in [5.74, 6) is 0.572. The molecule has 62 heavy (non-hydrogen) atoms. The molecule has 9 aromatic carbocycles. The first kappa shape index (κ1) is 33.4. The van der Waals surface area contributed by atoms with Crippen LogP contribution in [0.5, 0.6) is 0 Å². The van der Waals surface area contributed by atoms with Crippen molar-refractivity contribution in [2.75, 3.05) is 0 Å². The van der Waals surface area contributed by atoms with Gasteiger partial charge in [-0.1, -0.05) is 115 Å². The first-order valence-electron chi connectivity index (χ1n) is 20.9. The molecule has 0 N–H and O–H groups in total. The number of fused-ring (bicyclic) bond motifs is 14. The second kappa shape index (κ2) is 12.5. The van der Waals surface area contributed by atoms with Crippen molar-refractivity contribution in [1.29, 1.82) is 0 Å². The molecule has 0 radical (unpaired) electrons. The fourth-order valence-electron chi connectivity index (χ4n) is 10.0. The molecule has 14 aromatic rings. The molecule has 0 atom stereocenters. The van der Waals surface area contributed by atoms with E-state index in [4.69, 9.17) is 18.8 Å². The monoisotopic (exact) mass is 792 g/mol. The Hall–Kier alpha value is -8.48. The normalized spacial score (nSPS) is 12.2. The molecule has 6 heteroatoms. The minimum atomic E-state index is 0.572. The molecule has 0 aliphatic heterocycles. The lowest BCUT2D eigenvalue weighted by Gasteiger charge is -2.13. The van der Waals surface area contributed by atoms with Gasteiger partial charge in [0.1, 0.15) is 22.3 Å². The van der Waals surface area contributed by atoms with Crippen LogP contribution in [0.1, 0.15) is 0 Å². The number of benzene rings is 9. The molecule has 0 bridgehead atoms. The van der Waals surface area contributed by atoms with Crippen LogP contribution in [0.2, 0.25) is 0 Å². The Morgan fingerprint density at radius 2 is 0.968 bits per heavy atom. The first-order valence-corrected chi connectivity index (χ1v) is 20.9. The molecular weight excluding hydrogens is 761 g/mol. The minimum Gasteiger partial charge on any atom is -0.456 e. The van der Waals surface area contributed by atoms with Crippen molar-refractivity contribution in [3.05, 3.63) is 194 Å². The zero-order valence-corrected chi connectivity index (χ0v) is 33.1. The zero-order chi connectivity index (χ0) is 40.5. The zero-order valence-electron chi connectivity index (χ0n) is 33.1. The number of furan rings is 2. The Labute approximate surface area is 353 Å². The molecule has 0 aliphatic carbocycles. The summed E-state index contributed by atoms with van der Waals surface area (Å²) in [5, 5.41) is 9.79. The molecule has 288 valence electrons. The Morgan fingerprint density at radius 3 is 1.79 bits per heavy atom. The van der Waals surface area contributed by atoms with Crippen molar-refractivity contribution in [1.82, 2.24) is 19.1 Å². The summed E-state index contributed by atoms with van der Waals surface area (Å²) in [4.78, 5) is 10.9. The third kappa shape index (κ3) is 4.63. The highest BCUT2D eigenvalue weighted by Crippen LogP contribution is 2.46. The smallest absolute Gasteiger partial charge is 0.235 e. The van der Waals surface area contributed by atoms with E-state index in [2.05, 4.69) is 179 Å². The van der Waals surface area contributed by atoms with Crippen molar-refractivity contribution in [2.45, 2.75) is 0 Å². The summed E-state index contributed by atoms with van der Waals surface area (Å²) in [7, 11) is 0. The Balaban J connectivity index is 1.09. The lowest BCUT2D eigenvalue weighted by Crippen LogP contribution is -2.03. The Bertz CT molecular complexity index is 4170. The lowest BCUT2D eigenvalue weighted by atomic mass is 9.95. The molecule has 0 fully saturated rings. The van der Waals surface area contributed by atoms with Crippen molar-refractivity contribution in [3.8, 4) is 34.0 Å². The third-order valence-electron chi connectivity index (χ3n) is 12.7. The Kier molecular flexibility index (Phi) is 6.74. The van der Waals surface area contributed by atoms with E-state index < -0.39 is 0 Å². The average Bonchev–Trinajstić information content (AvgIpc) is 4.09. The molecule has 0 saturated carbocycles. The first-order chi connectivity index (χ1) is 30.7. The largest absolute Gasteiger partial charge is 0.456 e. The number of nitrogens with zero attached hydrogens (tertiary/aromatic N) is 4. The van der Waals surface area contributed by atoms with Gasteiger partial charge < -0.3 is 13.4 Å². The predicted molar refractivity (Wildman–Crippen MR) is 254 cm³/mol. The molecule has 5 heterocycles. The summed E-state index contributed by atoms with van der Waals surface area (Å²) in [6.07, 6.45) is 0. The van der Waals surface area contributed by atoms with Crippen molar-refractivity contribution in [3.63, 3.8) is 0 Å². The number of rotatable bonds is 4. The van der Waals surface area contributed by atoms with Gasteiger partial charge in [-0.2, -0.15) is 0 Å². The van der Waals surface area contributed by atoms with Crippen LogP contribution < -0.4 is 0 Å². The van der Waals surface area contributed by atoms with E-state index in [-0.39, 0.29) is 0 Å². The maximum absolute atomic E-state index is 6.92. The van der Waals surface area contributed by atoms with Crippen LogP contribution in [0, 0.1) is 0 Å². The van der Waals surface area contributed by atoms with E-state index in [0.29, 0.717) is 5.95 Å². The maximum Gasteiger partial charge on any atom is 0.235 e. The molecule has 0 aliphatic rings. The molecule has 0 spiro atoms. The maximum atomic E-state index is 6.92. The highest BCUT2D eigenvalue weighted by Gasteiger charge is 2.25. The van der Waals surface area contributed by atoms with Gasteiger partial charge in [-0.3, -0.25) is 4.57 Å². The number of hydrogen-bond donors (Lipinski definition) is 0. The summed E-state index contributed by atoms with van der Waals surface area (Å²) in [6, 6.07) is 68.3. The summed E-state index contributed by atoms with van der Waals surface area (Å²) >= 11 is 0. The van der Waals surface area contributed by atoms with E-state index >= 15 is 0 Å². The van der Waals surface area contributed by atoms with Gasteiger partial charge in [0, 0.05) is 59.7 Å². The van der Waals surface area contributed by atoms with Gasteiger partial charge in [-0.05, 0) is 90.0 Å².